The first-order chi connectivity index (χ1) is 15.9. The van der Waals surface area contributed by atoms with Crippen LogP contribution in [-0.4, -0.2) is 24.0 Å². The monoisotopic (exact) mass is 444 g/mol. The number of rotatable bonds is 3. The van der Waals surface area contributed by atoms with Gasteiger partial charge in [0.1, 0.15) is 17.2 Å². The Kier molecular flexibility index (Phi) is 4.78. The second-order valence-electron chi connectivity index (χ2n) is 7.64. The Labute approximate surface area is 187 Å². The minimum atomic E-state index is -0.877. The molecule has 0 radical (unpaired) electrons. The summed E-state index contributed by atoms with van der Waals surface area (Å²) < 4.78 is 24.4. The van der Waals surface area contributed by atoms with Crippen molar-refractivity contribution in [3.8, 4) is 0 Å². The number of pyridine rings is 1. The normalized spacial score (nSPS) is 15.1. The van der Waals surface area contributed by atoms with Crippen molar-refractivity contribution in [3.63, 3.8) is 0 Å². The lowest BCUT2D eigenvalue weighted by Crippen LogP contribution is -2.30. The van der Waals surface area contributed by atoms with E-state index in [0.29, 0.717) is 22.6 Å². The summed E-state index contributed by atoms with van der Waals surface area (Å²) in [6, 6.07) is 14.3. The Morgan fingerprint density at radius 1 is 1.09 bits per heavy atom. The molecule has 3 heterocycles. The van der Waals surface area contributed by atoms with Crippen molar-refractivity contribution in [2.24, 2.45) is 0 Å². The second kappa shape index (κ2) is 7.67. The van der Waals surface area contributed by atoms with Gasteiger partial charge in [0.2, 0.25) is 5.76 Å². The highest BCUT2D eigenvalue weighted by Crippen LogP contribution is 2.40. The van der Waals surface area contributed by atoms with Crippen LogP contribution < -0.4 is 10.3 Å². The number of aromatic nitrogens is 1. The van der Waals surface area contributed by atoms with E-state index in [1.807, 2.05) is 0 Å². The molecule has 2 aromatic heterocycles. The summed E-state index contributed by atoms with van der Waals surface area (Å²) >= 11 is 0. The lowest BCUT2D eigenvalue weighted by molar-refractivity contribution is 0.0600. The smallest absolute Gasteiger partial charge is 0.337 e. The lowest BCUT2D eigenvalue weighted by Gasteiger charge is -2.24. The van der Waals surface area contributed by atoms with Crippen LogP contribution in [0.2, 0.25) is 0 Å². The van der Waals surface area contributed by atoms with Crippen molar-refractivity contribution in [1.82, 2.24) is 4.98 Å². The van der Waals surface area contributed by atoms with Crippen LogP contribution in [-0.2, 0) is 4.74 Å². The molecule has 0 N–H and O–H groups in total. The molecule has 5 rings (SSSR count). The third kappa shape index (κ3) is 3.27. The molecule has 1 aliphatic rings. The van der Waals surface area contributed by atoms with Crippen LogP contribution in [0.15, 0.2) is 69.9 Å². The fraction of sp³-hybridized carbons (Fsp3) is 0.120. The van der Waals surface area contributed by atoms with Crippen molar-refractivity contribution in [1.29, 1.82) is 0 Å². The fourth-order valence-corrected chi connectivity index (χ4v) is 4.08. The second-order valence-corrected chi connectivity index (χ2v) is 7.64. The molecule has 0 spiro atoms. The van der Waals surface area contributed by atoms with Gasteiger partial charge >= 0.3 is 5.97 Å². The Morgan fingerprint density at radius 2 is 1.85 bits per heavy atom. The number of methoxy groups -OCH3 is 1. The van der Waals surface area contributed by atoms with Gasteiger partial charge in [-0.25, -0.2) is 14.2 Å². The minimum absolute atomic E-state index is 0.0387. The van der Waals surface area contributed by atoms with Gasteiger partial charge in [-0.15, -0.1) is 0 Å². The third-order valence-corrected chi connectivity index (χ3v) is 5.60. The maximum Gasteiger partial charge on any atom is 0.337 e. The summed E-state index contributed by atoms with van der Waals surface area (Å²) in [4.78, 5) is 44.6. The molecule has 7 nitrogen and oxygen atoms in total. The Morgan fingerprint density at radius 3 is 2.55 bits per heavy atom. The number of nitrogens with zero attached hydrogens (tertiary/aromatic N) is 2. The number of hydrogen-bond acceptors (Lipinski definition) is 6. The van der Waals surface area contributed by atoms with Crippen molar-refractivity contribution < 1.29 is 23.1 Å². The zero-order chi connectivity index (χ0) is 23.3. The van der Waals surface area contributed by atoms with Crippen LogP contribution in [0.25, 0.3) is 11.0 Å². The standard InChI is InChI=1S/C25H17FN2O5/c1-13-4-3-5-19(27-13)28-21(14-6-8-15(9-7-14)25(31)32-2)20-22(29)17-12-16(26)10-11-18(17)33-23(20)24(28)30/h3-12,21H,1-2H3/t21-/m0/s1. The van der Waals surface area contributed by atoms with Gasteiger partial charge in [-0.2, -0.15) is 0 Å². The zero-order valence-electron chi connectivity index (χ0n) is 17.7. The molecule has 0 bridgehead atoms. The molecule has 1 aliphatic heterocycles. The van der Waals surface area contributed by atoms with Crippen molar-refractivity contribution in [3.05, 3.63) is 105 Å². The number of anilines is 1. The number of amides is 1. The SMILES string of the molecule is COC(=O)c1ccc([C@H]2c3c(oc4ccc(F)cc4c3=O)C(=O)N2c2cccc(C)n2)cc1. The summed E-state index contributed by atoms with van der Waals surface area (Å²) in [7, 11) is 1.28. The van der Waals surface area contributed by atoms with E-state index in [0.717, 1.165) is 6.07 Å². The molecule has 8 heteroatoms. The van der Waals surface area contributed by atoms with Crippen LogP contribution in [0.4, 0.5) is 10.2 Å². The summed E-state index contributed by atoms with van der Waals surface area (Å²) in [5, 5.41) is 0.0387. The van der Waals surface area contributed by atoms with Crippen molar-refractivity contribution in [2.75, 3.05) is 12.0 Å². The number of esters is 1. The zero-order valence-corrected chi connectivity index (χ0v) is 17.7. The first-order valence-corrected chi connectivity index (χ1v) is 10.1. The number of aryl methyl sites for hydroxylation is 1. The highest BCUT2D eigenvalue weighted by Gasteiger charge is 2.44. The molecular weight excluding hydrogens is 427 g/mol. The summed E-state index contributed by atoms with van der Waals surface area (Å²) in [5.74, 6) is -1.42. The molecule has 164 valence electrons. The largest absolute Gasteiger partial charge is 0.465 e. The van der Waals surface area contributed by atoms with Crippen molar-refractivity contribution >= 4 is 28.7 Å². The molecular formula is C25H17FN2O5. The van der Waals surface area contributed by atoms with E-state index >= 15 is 0 Å². The maximum atomic E-state index is 13.9. The van der Waals surface area contributed by atoms with E-state index in [9.17, 15) is 18.8 Å². The van der Waals surface area contributed by atoms with Gasteiger partial charge < -0.3 is 9.15 Å². The topological polar surface area (TPSA) is 89.7 Å². The van der Waals surface area contributed by atoms with Gasteiger partial charge in [0.25, 0.3) is 5.91 Å². The van der Waals surface area contributed by atoms with Crippen LogP contribution in [0.1, 0.15) is 43.8 Å². The van der Waals surface area contributed by atoms with E-state index in [2.05, 4.69) is 4.98 Å². The summed E-state index contributed by atoms with van der Waals surface area (Å²) in [6.07, 6.45) is 0. The Bertz CT molecular complexity index is 1490. The Balaban J connectivity index is 1.77. The van der Waals surface area contributed by atoms with Gasteiger partial charge in [-0.3, -0.25) is 14.5 Å². The quantitative estimate of drug-likeness (QED) is 0.441. The lowest BCUT2D eigenvalue weighted by atomic mass is 9.97. The van der Waals surface area contributed by atoms with E-state index in [-0.39, 0.29) is 22.3 Å². The predicted molar refractivity (Wildman–Crippen MR) is 118 cm³/mol. The molecule has 1 atom stereocenters. The number of benzene rings is 2. The number of carbonyl (C=O) groups is 2. The molecule has 0 saturated carbocycles. The first-order valence-electron chi connectivity index (χ1n) is 10.1. The van der Waals surface area contributed by atoms with E-state index in [1.165, 1.54) is 24.1 Å². The average Bonchev–Trinajstić information content (AvgIpc) is 3.11. The van der Waals surface area contributed by atoms with Crippen LogP contribution in [0, 0.1) is 12.7 Å². The average molecular weight is 444 g/mol. The summed E-state index contributed by atoms with van der Waals surface area (Å²) in [6.45, 7) is 1.79. The molecule has 2 aromatic carbocycles. The molecule has 0 unspecified atom stereocenters. The van der Waals surface area contributed by atoms with Gasteiger partial charge in [-0.1, -0.05) is 18.2 Å². The van der Waals surface area contributed by atoms with Crippen LogP contribution >= 0.6 is 0 Å². The van der Waals surface area contributed by atoms with Gasteiger partial charge in [0, 0.05) is 5.69 Å². The van der Waals surface area contributed by atoms with Gasteiger partial charge in [-0.05, 0) is 55.0 Å². The van der Waals surface area contributed by atoms with Crippen LogP contribution in [0.3, 0.4) is 0 Å². The molecule has 0 fully saturated rings. The van der Waals surface area contributed by atoms with Crippen LogP contribution in [0.5, 0.6) is 0 Å². The van der Waals surface area contributed by atoms with Crippen molar-refractivity contribution in [2.45, 2.75) is 13.0 Å². The predicted octanol–water partition coefficient (Wildman–Crippen LogP) is 4.17. The highest BCUT2D eigenvalue weighted by atomic mass is 19.1. The van der Waals surface area contributed by atoms with E-state index in [1.54, 1.807) is 49.4 Å². The molecule has 1 amide bonds. The third-order valence-electron chi connectivity index (χ3n) is 5.60. The minimum Gasteiger partial charge on any atom is -0.465 e. The Hall–Kier alpha value is -4.33. The molecule has 0 aliphatic carbocycles. The molecule has 4 aromatic rings. The fourth-order valence-electron chi connectivity index (χ4n) is 4.08. The van der Waals surface area contributed by atoms with E-state index < -0.39 is 29.2 Å². The van der Waals surface area contributed by atoms with Gasteiger partial charge in [0.05, 0.1) is 29.7 Å². The molecule has 33 heavy (non-hydrogen) atoms. The maximum absolute atomic E-state index is 13.9. The number of carbonyl (C=O) groups excluding carboxylic acids is 2. The first kappa shape index (κ1) is 20.6. The summed E-state index contributed by atoms with van der Waals surface area (Å²) in [5.41, 5.74) is 1.26. The van der Waals surface area contributed by atoms with Gasteiger partial charge in [0.15, 0.2) is 5.43 Å². The number of halogens is 1. The number of hydrogen-bond donors (Lipinski definition) is 0. The molecule has 0 saturated heterocycles. The number of fused-ring (bicyclic) bond motifs is 2. The highest BCUT2D eigenvalue weighted by molar-refractivity contribution is 6.10. The number of ether oxygens (including phenoxy) is 1. The van der Waals surface area contributed by atoms with E-state index in [4.69, 9.17) is 9.15 Å².